The summed E-state index contributed by atoms with van der Waals surface area (Å²) in [5.74, 6) is 0.542. The summed E-state index contributed by atoms with van der Waals surface area (Å²) in [5, 5.41) is 3.33. The summed E-state index contributed by atoms with van der Waals surface area (Å²) >= 11 is 0. The lowest BCUT2D eigenvalue weighted by Crippen LogP contribution is -2.45. The molecule has 12 nitrogen and oxygen atoms in total. The van der Waals surface area contributed by atoms with E-state index in [0.717, 1.165) is 110 Å². The fourth-order valence-electron chi connectivity index (χ4n) is 7.76. The first-order valence-corrected chi connectivity index (χ1v) is 23.8. The van der Waals surface area contributed by atoms with Crippen LogP contribution in [0.3, 0.4) is 0 Å². The molecule has 1 aliphatic heterocycles. The molecule has 6 aromatic carbocycles. The van der Waals surface area contributed by atoms with Crippen LogP contribution in [0.15, 0.2) is 128 Å². The van der Waals surface area contributed by atoms with E-state index >= 15 is 0 Å². The molecule has 0 radical (unpaired) electrons. The quantitative estimate of drug-likeness (QED) is 0.0221. The van der Waals surface area contributed by atoms with Gasteiger partial charge in [0.05, 0.1) is 56.3 Å². The highest BCUT2D eigenvalue weighted by atomic mass is 16.6. The first kappa shape index (κ1) is 49.9. The zero-order chi connectivity index (χ0) is 48.4. The number of ether oxygens (including phenoxy) is 8. The number of aryl methyl sites for hydroxylation is 1. The smallest absolute Gasteiger partial charge is 0.343 e. The number of hydrogen-bond donors (Lipinski definition) is 0. The minimum atomic E-state index is -0.540. The van der Waals surface area contributed by atoms with Crippen LogP contribution in [0.1, 0.15) is 102 Å². The molecule has 12 heteroatoms. The number of benzene rings is 6. The van der Waals surface area contributed by atoms with Gasteiger partial charge in [-0.2, -0.15) is 0 Å². The van der Waals surface area contributed by atoms with Crippen molar-refractivity contribution in [3.8, 4) is 28.7 Å². The highest BCUT2D eigenvalue weighted by Crippen LogP contribution is 2.32. The Morgan fingerprint density at radius 2 is 1.06 bits per heavy atom. The molecule has 69 heavy (non-hydrogen) atoms. The van der Waals surface area contributed by atoms with Crippen LogP contribution < -0.4 is 23.7 Å². The first-order chi connectivity index (χ1) is 33.6. The third-order valence-electron chi connectivity index (χ3n) is 12.0. The van der Waals surface area contributed by atoms with E-state index in [2.05, 4.69) is 13.5 Å². The SMILES string of the molecule is C=CC(=O)OCCCCCCOc1ccc2cc(C(=O)Oc3ccc(OC(=O)c4ccc5cc(OC(=O)c6ccc(OCCCCOCC7(CC)COC7)cc6)ccc5c4)c(CCC)c3)ccc2c1. The molecule has 0 atom stereocenters. The molecule has 1 fully saturated rings. The molecule has 0 spiro atoms. The number of hydrogen-bond acceptors (Lipinski definition) is 12. The van der Waals surface area contributed by atoms with Gasteiger partial charge in [0, 0.05) is 18.1 Å². The maximum Gasteiger partial charge on any atom is 0.343 e. The Morgan fingerprint density at radius 3 is 1.70 bits per heavy atom. The van der Waals surface area contributed by atoms with E-state index < -0.39 is 23.9 Å². The topological polar surface area (TPSA) is 142 Å². The fourth-order valence-corrected chi connectivity index (χ4v) is 7.76. The van der Waals surface area contributed by atoms with E-state index in [1.165, 1.54) is 0 Å². The third-order valence-corrected chi connectivity index (χ3v) is 12.0. The molecule has 0 bridgehead atoms. The maximum atomic E-state index is 13.5. The van der Waals surface area contributed by atoms with E-state index in [-0.39, 0.29) is 5.41 Å². The molecule has 6 aromatic rings. The Hall–Kier alpha value is -7.02. The van der Waals surface area contributed by atoms with Crippen LogP contribution >= 0.6 is 0 Å². The van der Waals surface area contributed by atoms with Crippen LogP contribution in [0.4, 0.5) is 0 Å². The van der Waals surface area contributed by atoms with Crippen LogP contribution in [-0.2, 0) is 25.4 Å². The van der Waals surface area contributed by atoms with E-state index in [1.807, 2.05) is 31.2 Å². The molecular weight excluding hydrogens is 877 g/mol. The summed E-state index contributed by atoms with van der Waals surface area (Å²) in [6.07, 6.45) is 8.91. The summed E-state index contributed by atoms with van der Waals surface area (Å²) in [5.41, 5.74) is 2.05. The highest BCUT2D eigenvalue weighted by molar-refractivity contribution is 5.98. The van der Waals surface area contributed by atoms with Crippen molar-refractivity contribution < 1.29 is 57.1 Å². The Morgan fingerprint density at radius 1 is 0.551 bits per heavy atom. The van der Waals surface area contributed by atoms with Gasteiger partial charge in [-0.3, -0.25) is 0 Å². The fraction of sp³-hybridized carbons (Fsp3) is 0.333. The zero-order valence-corrected chi connectivity index (χ0v) is 39.5. The van der Waals surface area contributed by atoms with Crippen LogP contribution in [0, 0.1) is 5.41 Å². The molecule has 0 saturated carbocycles. The predicted molar refractivity (Wildman–Crippen MR) is 264 cm³/mol. The Kier molecular flexibility index (Phi) is 18.0. The average Bonchev–Trinajstić information content (AvgIpc) is 3.35. The van der Waals surface area contributed by atoms with Crippen molar-refractivity contribution in [2.24, 2.45) is 5.41 Å². The van der Waals surface area contributed by atoms with Gasteiger partial charge in [0.25, 0.3) is 0 Å². The van der Waals surface area contributed by atoms with Crippen molar-refractivity contribution in [1.29, 1.82) is 0 Å². The van der Waals surface area contributed by atoms with E-state index in [1.54, 1.807) is 91.0 Å². The summed E-state index contributed by atoms with van der Waals surface area (Å²) in [4.78, 5) is 50.9. The number of carbonyl (C=O) groups excluding carboxylic acids is 4. The van der Waals surface area contributed by atoms with Crippen molar-refractivity contribution >= 4 is 45.4 Å². The van der Waals surface area contributed by atoms with Gasteiger partial charge in [-0.25, -0.2) is 19.2 Å². The van der Waals surface area contributed by atoms with Crippen LogP contribution in [-0.4, -0.2) is 70.1 Å². The molecule has 360 valence electrons. The van der Waals surface area contributed by atoms with Crippen molar-refractivity contribution in [2.75, 3.05) is 46.2 Å². The third kappa shape index (κ3) is 14.3. The van der Waals surface area contributed by atoms with E-state index in [0.29, 0.717) is 72.5 Å². The van der Waals surface area contributed by atoms with Gasteiger partial charge in [0.2, 0.25) is 0 Å². The van der Waals surface area contributed by atoms with Crippen LogP contribution in [0.2, 0.25) is 0 Å². The summed E-state index contributed by atoms with van der Waals surface area (Å²) in [6.45, 7) is 12.1. The lowest BCUT2D eigenvalue weighted by molar-refractivity contribution is -0.150. The summed E-state index contributed by atoms with van der Waals surface area (Å²) < 4.78 is 45.4. The van der Waals surface area contributed by atoms with Crippen molar-refractivity contribution in [2.45, 2.75) is 71.6 Å². The van der Waals surface area contributed by atoms with Gasteiger partial charge >= 0.3 is 23.9 Å². The van der Waals surface area contributed by atoms with Crippen molar-refractivity contribution in [1.82, 2.24) is 0 Å². The zero-order valence-electron chi connectivity index (χ0n) is 39.5. The Balaban J connectivity index is 0.863. The maximum absolute atomic E-state index is 13.5. The summed E-state index contributed by atoms with van der Waals surface area (Å²) in [6, 6.07) is 33.3. The molecule has 1 aliphatic rings. The number of fused-ring (bicyclic) bond motifs is 2. The average molecular weight is 937 g/mol. The van der Waals surface area contributed by atoms with Crippen LogP contribution in [0.5, 0.6) is 28.7 Å². The minimum absolute atomic E-state index is 0.194. The predicted octanol–water partition coefficient (Wildman–Crippen LogP) is 11.9. The second-order valence-corrected chi connectivity index (χ2v) is 17.2. The van der Waals surface area contributed by atoms with E-state index in [4.69, 9.17) is 37.9 Å². The number of unbranched alkanes of at least 4 members (excludes halogenated alkanes) is 4. The largest absolute Gasteiger partial charge is 0.494 e. The molecule has 1 heterocycles. The molecule has 7 rings (SSSR count). The second-order valence-electron chi connectivity index (χ2n) is 17.2. The summed E-state index contributed by atoms with van der Waals surface area (Å²) in [7, 11) is 0. The molecular formula is C57H60O12. The number of carbonyl (C=O) groups is 4. The molecule has 0 aliphatic carbocycles. The standard InChI is InChI=1S/C57H60O12/c1-4-13-45-36-51(68-55(60)46-16-14-43-34-49(24-20-41(43)32-46)65-29-9-7-8-10-31-66-53(58)5-2)26-27-52(45)69-56(61)47-17-15-44-35-50(25-21-42(44)33-47)67-54(59)40-18-22-48(23-19-40)64-30-12-11-28-62-37-57(6-3)38-63-39-57/h5,14-27,32-36H,2,4,6-13,28-31,37-39H2,1,3H3. The monoisotopic (exact) mass is 936 g/mol. The minimum Gasteiger partial charge on any atom is -0.494 e. The molecule has 0 unspecified atom stereocenters. The van der Waals surface area contributed by atoms with Gasteiger partial charge in [0.15, 0.2) is 0 Å². The van der Waals surface area contributed by atoms with Crippen molar-refractivity contribution in [3.05, 3.63) is 150 Å². The molecule has 1 saturated heterocycles. The molecule has 0 aromatic heterocycles. The van der Waals surface area contributed by atoms with E-state index in [9.17, 15) is 19.2 Å². The van der Waals surface area contributed by atoms with Crippen LogP contribution in [0.25, 0.3) is 21.5 Å². The first-order valence-electron chi connectivity index (χ1n) is 23.8. The Bertz CT molecular complexity index is 2710. The Labute approximate surface area is 403 Å². The van der Waals surface area contributed by atoms with Gasteiger partial charge in [-0.15, -0.1) is 0 Å². The van der Waals surface area contributed by atoms with Gasteiger partial charge in [-0.05, 0) is 169 Å². The number of rotatable bonds is 26. The van der Waals surface area contributed by atoms with Gasteiger partial charge in [0.1, 0.15) is 28.7 Å². The van der Waals surface area contributed by atoms with Gasteiger partial charge < -0.3 is 37.9 Å². The molecule has 0 amide bonds. The normalized spacial score (nSPS) is 12.7. The molecule has 0 N–H and O–H groups in total. The lowest BCUT2D eigenvalue weighted by Gasteiger charge is -2.40. The lowest BCUT2D eigenvalue weighted by atomic mass is 9.84. The van der Waals surface area contributed by atoms with Gasteiger partial charge in [-0.1, -0.05) is 51.1 Å². The number of esters is 4. The second kappa shape index (κ2) is 24.8. The highest BCUT2D eigenvalue weighted by Gasteiger charge is 2.36. The van der Waals surface area contributed by atoms with Crippen molar-refractivity contribution in [3.63, 3.8) is 0 Å².